The molecular weight excluding hydrogens is 399 g/mol. The van der Waals surface area contributed by atoms with Crippen molar-refractivity contribution in [1.82, 2.24) is 0 Å². The summed E-state index contributed by atoms with van der Waals surface area (Å²) in [7, 11) is 0. The van der Waals surface area contributed by atoms with Gasteiger partial charge >= 0.3 is 12.1 Å². The Labute approximate surface area is 179 Å². The van der Waals surface area contributed by atoms with Gasteiger partial charge in [0, 0.05) is 5.69 Å². The van der Waals surface area contributed by atoms with Crippen molar-refractivity contribution >= 4 is 17.7 Å². The molecule has 158 valence electrons. The number of halogens is 3. The second-order valence-electron chi connectivity index (χ2n) is 7.85. The quantitative estimate of drug-likeness (QED) is 0.463. The smallest absolute Gasteiger partial charge is 0.300 e. The van der Waals surface area contributed by atoms with Crippen LogP contribution in [0.15, 0.2) is 66.7 Å². The normalized spacial score (nSPS) is 12.7. The summed E-state index contributed by atoms with van der Waals surface area (Å²) in [6, 6.07) is 18.4. The standard InChI is InChI=1S/C26H22F3NO/c1-17-6-3-7-18(2)24(17)22-11-4-8-19(14-22)16-30(25(31)26(27,28)29)23-13-12-20-9-5-10-21(20)15-23/h3-9,11-15H,10,16H2,1-2H3. The van der Waals surface area contributed by atoms with E-state index in [4.69, 9.17) is 0 Å². The van der Waals surface area contributed by atoms with E-state index >= 15 is 0 Å². The number of carbonyl (C=O) groups excluding carboxylic acids is 1. The lowest BCUT2D eigenvalue weighted by molar-refractivity contribution is -0.170. The monoisotopic (exact) mass is 421 g/mol. The van der Waals surface area contributed by atoms with Crippen molar-refractivity contribution in [1.29, 1.82) is 0 Å². The molecule has 1 amide bonds. The fourth-order valence-electron chi connectivity index (χ4n) is 4.12. The van der Waals surface area contributed by atoms with Crippen molar-refractivity contribution in [3.63, 3.8) is 0 Å². The highest BCUT2D eigenvalue weighted by Crippen LogP contribution is 2.32. The zero-order chi connectivity index (χ0) is 22.2. The maximum absolute atomic E-state index is 13.4. The Bertz CT molecular complexity index is 1160. The number of hydrogen-bond donors (Lipinski definition) is 0. The minimum Gasteiger partial charge on any atom is -0.300 e. The predicted molar refractivity (Wildman–Crippen MR) is 118 cm³/mol. The van der Waals surface area contributed by atoms with Crippen LogP contribution in [0.3, 0.4) is 0 Å². The van der Waals surface area contributed by atoms with Crippen molar-refractivity contribution in [2.75, 3.05) is 4.90 Å². The molecule has 3 aromatic rings. The number of amides is 1. The molecule has 0 bridgehead atoms. The van der Waals surface area contributed by atoms with Gasteiger partial charge in [0.25, 0.3) is 0 Å². The first-order valence-electron chi connectivity index (χ1n) is 10.1. The van der Waals surface area contributed by atoms with Crippen LogP contribution in [-0.2, 0) is 17.8 Å². The van der Waals surface area contributed by atoms with Crippen molar-refractivity contribution in [3.05, 3.63) is 94.6 Å². The first kappa shape index (κ1) is 20.9. The van der Waals surface area contributed by atoms with Gasteiger partial charge in [-0.1, -0.05) is 54.6 Å². The molecular formula is C26H22F3NO. The number of anilines is 1. The van der Waals surface area contributed by atoms with E-state index in [-0.39, 0.29) is 12.2 Å². The SMILES string of the molecule is Cc1cccc(C)c1-c1cccc(CN(C(=O)C(F)(F)F)c2ccc3c(c2)CC=C3)c1. The molecule has 0 unspecified atom stereocenters. The second kappa shape index (κ2) is 8.06. The van der Waals surface area contributed by atoms with Crippen LogP contribution in [0, 0.1) is 13.8 Å². The summed E-state index contributed by atoms with van der Waals surface area (Å²) in [6.45, 7) is 3.85. The van der Waals surface area contributed by atoms with Gasteiger partial charge in [0.1, 0.15) is 0 Å². The van der Waals surface area contributed by atoms with Gasteiger partial charge in [0.15, 0.2) is 0 Å². The molecule has 31 heavy (non-hydrogen) atoms. The number of alkyl halides is 3. The molecule has 0 saturated carbocycles. The second-order valence-corrected chi connectivity index (χ2v) is 7.85. The lowest BCUT2D eigenvalue weighted by atomic mass is 9.94. The Morgan fingerprint density at radius 1 is 0.968 bits per heavy atom. The van der Waals surface area contributed by atoms with Gasteiger partial charge < -0.3 is 4.90 Å². The van der Waals surface area contributed by atoms with Gasteiger partial charge in [0.05, 0.1) is 6.54 Å². The van der Waals surface area contributed by atoms with Crippen LogP contribution in [0.1, 0.15) is 27.8 Å². The third-order valence-corrected chi connectivity index (χ3v) is 5.60. The Morgan fingerprint density at radius 3 is 2.39 bits per heavy atom. The molecule has 4 rings (SSSR count). The number of benzene rings is 3. The predicted octanol–water partition coefficient (Wildman–Crippen LogP) is 6.64. The van der Waals surface area contributed by atoms with E-state index in [1.165, 1.54) is 0 Å². The molecule has 0 saturated heterocycles. The van der Waals surface area contributed by atoms with E-state index in [1.54, 1.807) is 24.3 Å². The molecule has 1 aliphatic rings. The summed E-state index contributed by atoms with van der Waals surface area (Å²) in [6.07, 6.45) is -0.415. The Morgan fingerprint density at radius 2 is 1.68 bits per heavy atom. The van der Waals surface area contributed by atoms with E-state index in [2.05, 4.69) is 0 Å². The van der Waals surface area contributed by atoms with Crippen molar-refractivity contribution < 1.29 is 18.0 Å². The molecule has 0 aliphatic heterocycles. The Balaban J connectivity index is 1.72. The molecule has 0 N–H and O–H groups in total. The first-order valence-corrected chi connectivity index (χ1v) is 10.1. The number of fused-ring (bicyclic) bond motifs is 1. The number of aryl methyl sites for hydroxylation is 2. The maximum Gasteiger partial charge on any atom is 0.471 e. The number of allylic oxidation sites excluding steroid dienone is 1. The molecule has 2 nitrogen and oxygen atoms in total. The van der Waals surface area contributed by atoms with Gasteiger partial charge in [-0.25, -0.2) is 0 Å². The van der Waals surface area contributed by atoms with E-state index in [0.29, 0.717) is 12.0 Å². The largest absolute Gasteiger partial charge is 0.471 e. The number of rotatable bonds is 4. The van der Waals surface area contributed by atoms with Crippen LogP contribution in [0.25, 0.3) is 17.2 Å². The van der Waals surface area contributed by atoms with Crippen LogP contribution in [0.2, 0.25) is 0 Å². The van der Waals surface area contributed by atoms with Crippen LogP contribution >= 0.6 is 0 Å². The summed E-state index contributed by atoms with van der Waals surface area (Å²) in [5.74, 6) is -1.86. The molecule has 1 aliphatic carbocycles. The lowest BCUT2D eigenvalue weighted by Gasteiger charge is -2.25. The highest BCUT2D eigenvalue weighted by Gasteiger charge is 2.43. The van der Waals surface area contributed by atoms with E-state index in [0.717, 1.165) is 38.3 Å². The molecule has 3 aromatic carbocycles. The highest BCUT2D eigenvalue weighted by atomic mass is 19.4. The van der Waals surface area contributed by atoms with Crippen LogP contribution in [-0.4, -0.2) is 12.1 Å². The van der Waals surface area contributed by atoms with Gasteiger partial charge in [0.2, 0.25) is 0 Å². The lowest BCUT2D eigenvalue weighted by Crippen LogP contribution is -2.40. The average Bonchev–Trinajstić information content (AvgIpc) is 3.19. The van der Waals surface area contributed by atoms with E-state index in [9.17, 15) is 18.0 Å². The minimum absolute atomic E-state index is 0.163. The third kappa shape index (κ3) is 4.26. The van der Waals surface area contributed by atoms with Crippen molar-refractivity contribution in [2.24, 2.45) is 0 Å². The zero-order valence-electron chi connectivity index (χ0n) is 17.3. The molecule has 5 heteroatoms. The fourth-order valence-corrected chi connectivity index (χ4v) is 4.12. The van der Waals surface area contributed by atoms with Crippen LogP contribution < -0.4 is 4.90 Å². The van der Waals surface area contributed by atoms with Crippen molar-refractivity contribution in [2.45, 2.75) is 33.0 Å². The fraction of sp³-hybridized carbons (Fsp3) is 0.192. The molecule has 0 spiro atoms. The number of nitrogens with zero attached hydrogens (tertiary/aromatic N) is 1. The summed E-state index contributed by atoms with van der Waals surface area (Å²) < 4.78 is 40.2. The van der Waals surface area contributed by atoms with E-state index in [1.807, 2.05) is 62.4 Å². The third-order valence-electron chi connectivity index (χ3n) is 5.60. The zero-order valence-corrected chi connectivity index (χ0v) is 17.3. The van der Waals surface area contributed by atoms with Gasteiger partial charge in [-0.3, -0.25) is 4.79 Å². The topological polar surface area (TPSA) is 20.3 Å². The molecule has 0 heterocycles. The average molecular weight is 421 g/mol. The molecule has 0 radical (unpaired) electrons. The summed E-state index contributed by atoms with van der Waals surface area (Å²) in [5, 5.41) is 0. The number of carbonyl (C=O) groups is 1. The van der Waals surface area contributed by atoms with Gasteiger partial charge in [-0.2, -0.15) is 13.2 Å². The van der Waals surface area contributed by atoms with Gasteiger partial charge in [-0.15, -0.1) is 0 Å². The maximum atomic E-state index is 13.4. The molecule has 0 fully saturated rings. The van der Waals surface area contributed by atoms with Crippen molar-refractivity contribution in [3.8, 4) is 11.1 Å². The minimum atomic E-state index is -4.96. The van der Waals surface area contributed by atoms with Crippen LogP contribution in [0.4, 0.5) is 18.9 Å². The summed E-state index contributed by atoms with van der Waals surface area (Å²) >= 11 is 0. The van der Waals surface area contributed by atoms with E-state index < -0.39 is 12.1 Å². The summed E-state index contributed by atoms with van der Waals surface area (Å²) in [5.41, 5.74) is 6.94. The number of hydrogen-bond acceptors (Lipinski definition) is 1. The Kier molecular flexibility index (Phi) is 5.44. The Hall–Kier alpha value is -3.34. The first-order chi connectivity index (χ1) is 14.7. The van der Waals surface area contributed by atoms with Gasteiger partial charge in [-0.05, 0) is 77.4 Å². The van der Waals surface area contributed by atoms with Crippen LogP contribution in [0.5, 0.6) is 0 Å². The highest BCUT2D eigenvalue weighted by molar-refractivity contribution is 5.97. The molecule has 0 aromatic heterocycles. The molecule has 0 atom stereocenters. The summed E-state index contributed by atoms with van der Waals surface area (Å²) in [4.78, 5) is 13.1.